The minimum absolute atomic E-state index is 0.112. The van der Waals surface area contributed by atoms with Crippen LogP contribution in [0.1, 0.15) is 59.9 Å². The first-order valence-corrected chi connectivity index (χ1v) is 16.6. The lowest BCUT2D eigenvalue weighted by Gasteiger charge is -2.24. The first kappa shape index (κ1) is 33.1. The van der Waals surface area contributed by atoms with E-state index in [-0.39, 0.29) is 19.6 Å². The predicted octanol–water partition coefficient (Wildman–Crippen LogP) is 3.68. The van der Waals surface area contributed by atoms with Gasteiger partial charge in [-0.05, 0) is 59.9 Å². The quantitative estimate of drug-likeness (QED) is 0.499. The van der Waals surface area contributed by atoms with Crippen LogP contribution in [0.25, 0.3) is 0 Å². The molecule has 14 heteroatoms. The molecule has 2 saturated heterocycles. The van der Waals surface area contributed by atoms with Crippen molar-refractivity contribution in [2.24, 2.45) is 0 Å². The van der Waals surface area contributed by atoms with Gasteiger partial charge in [0.2, 0.25) is 19.1 Å². The Hall–Kier alpha value is -2.09. The van der Waals surface area contributed by atoms with Crippen molar-refractivity contribution < 1.29 is 35.9 Å². The number of hydrogen-bond acceptors (Lipinski definition) is 8. The second-order valence-electron chi connectivity index (χ2n) is 11.5. The molecule has 0 saturated carbocycles. The lowest BCUT2D eigenvalue weighted by atomic mass is 10.2. The highest BCUT2D eigenvalue weighted by atomic mass is 35.7. The Labute approximate surface area is 236 Å². The normalized spacial score (nSPS) is 20.3. The molecule has 2 heterocycles. The molecule has 0 radical (unpaired) electrons. The Balaban J connectivity index is 0.000000293. The molecule has 2 atom stereocenters. The van der Waals surface area contributed by atoms with Crippen molar-refractivity contribution in [2.75, 3.05) is 26.2 Å². The zero-order chi connectivity index (χ0) is 29.6. The highest BCUT2D eigenvalue weighted by Gasteiger charge is 2.37. The van der Waals surface area contributed by atoms with Gasteiger partial charge in [-0.1, -0.05) is 30.3 Å². The van der Waals surface area contributed by atoms with Gasteiger partial charge in [-0.2, -0.15) is 0 Å². The maximum Gasteiger partial charge on any atom is 0.410 e. The topological polar surface area (TPSA) is 139 Å². The Morgan fingerprint density at radius 2 is 1.28 bits per heavy atom. The summed E-state index contributed by atoms with van der Waals surface area (Å²) in [6, 6.07) is 9.34. The molecule has 2 fully saturated rings. The van der Waals surface area contributed by atoms with E-state index in [4.69, 9.17) is 20.2 Å². The van der Waals surface area contributed by atoms with Gasteiger partial charge < -0.3 is 19.3 Å². The van der Waals surface area contributed by atoms with E-state index < -0.39 is 53.0 Å². The molecule has 2 amide bonds. The number of carbonyl (C=O) groups excluding carboxylic acids is 2. The number of nitrogens with one attached hydrogen (secondary N) is 1. The third kappa shape index (κ3) is 11.5. The first-order chi connectivity index (χ1) is 17.8. The Morgan fingerprint density at radius 3 is 1.69 bits per heavy atom. The molecule has 2 unspecified atom stereocenters. The van der Waals surface area contributed by atoms with E-state index in [9.17, 15) is 26.4 Å². The van der Waals surface area contributed by atoms with Crippen LogP contribution in [0.5, 0.6) is 0 Å². The number of halogens is 1. The predicted molar refractivity (Wildman–Crippen MR) is 149 cm³/mol. The van der Waals surface area contributed by atoms with E-state index in [0.29, 0.717) is 25.9 Å². The van der Waals surface area contributed by atoms with Gasteiger partial charge in [0.15, 0.2) is 0 Å². The van der Waals surface area contributed by atoms with Gasteiger partial charge in [0.25, 0.3) is 0 Å². The number of carbonyl (C=O) groups is 2. The summed E-state index contributed by atoms with van der Waals surface area (Å²) in [6.45, 7) is 11.9. The molecular weight excluding hydrogens is 570 g/mol. The van der Waals surface area contributed by atoms with Crippen molar-refractivity contribution >= 4 is 41.9 Å². The largest absolute Gasteiger partial charge is 0.444 e. The molecule has 11 nitrogen and oxygen atoms in total. The summed E-state index contributed by atoms with van der Waals surface area (Å²) in [5.41, 5.74) is -0.257. The van der Waals surface area contributed by atoms with Crippen LogP contribution in [0, 0.1) is 0 Å². The van der Waals surface area contributed by atoms with Crippen LogP contribution in [0.3, 0.4) is 0 Å². The molecule has 1 aromatic carbocycles. The molecule has 1 N–H and O–H groups in total. The van der Waals surface area contributed by atoms with Crippen LogP contribution in [0.2, 0.25) is 0 Å². The van der Waals surface area contributed by atoms with Gasteiger partial charge >= 0.3 is 12.2 Å². The third-order valence-electron chi connectivity index (χ3n) is 5.75. The smallest absolute Gasteiger partial charge is 0.410 e. The van der Waals surface area contributed by atoms with Gasteiger partial charge in [0.1, 0.15) is 11.2 Å². The SMILES string of the molecule is CC(C)(C)OC(=O)N1CCC(S(=O)(=O)Cl)C1.CC(C)(C)OC(=O)N1CCC(S(=O)(=O)NCc2ccccc2)C1. The van der Waals surface area contributed by atoms with E-state index in [1.807, 2.05) is 30.3 Å². The van der Waals surface area contributed by atoms with E-state index in [1.54, 1.807) is 41.5 Å². The van der Waals surface area contributed by atoms with Crippen molar-refractivity contribution in [1.82, 2.24) is 14.5 Å². The number of likely N-dealkylation sites (tertiary alicyclic amines) is 2. The number of ether oxygens (including phenoxy) is 2. The van der Waals surface area contributed by atoms with E-state index in [2.05, 4.69) is 4.72 Å². The lowest BCUT2D eigenvalue weighted by Crippen LogP contribution is -2.39. The van der Waals surface area contributed by atoms with Crippen LogP contribution >= 0.6 is 10.7 Å². The van der Waals surface area contributed by atoms with E-state index in [0.717, 1.165) is 5.56 Å². The molecule has 0 aromatic heterocycles. The maximum absolute atomic E-state index is 12.4. The molecular formula is C25H40ClN3O8S2. The zero-order valence-corrected chi connectivity index (χ0v) is 25.7. The summed E-state index contributed by atoms with van der Waals surface area (Å²) in [6.07, 6.45) is -0.164. The highest BCUT2D eigenvalue weighted by molar-refractivity contribution is 8.14. The number of hydrogen-bond donors (Lipinski definition) is 1. The van der Waals surface area contributed by atoms with Crippen molar-refractivity contribution in [3.8, 4) is 0 Å². The molecule has 0 aliphatic carbocycles. The second kappa shape index (κ2) is 13.0. The van der Waals surface area contributed by atoms with Crippen LogP contribution in [-0.4, -0.2) is 86.7 Å². The average molecular weight is 610 g/mol. The summed E-state index contributed by atoms with van der Waals surface area (Å²) >= 11 is 0. The summed E-state index contributed by atoms with van der Waals surface area (Å²) in [7, 11) is -1.82. The molecule has 0 spiro atoms. The molecule has 0 bridgehead atoms. The van der Waals surface area contributed by atoms with Gasteiger partial charge in [0, 0.05) is 43.4 Å². The Kier molecular flexibility index (Phi) is 11.1. The maximum atomic E-state index is 12.4. The third-order valence-corrected chi connectivity index (χ3v) is 9.50. The van der Waals surface area contributed by atoms with Crippen LogP contribution < -0.4 is 4.72 Å². The average Bonchev–Trinajstić information content (AvgIpc) is 3.47. The fourth-order valence-electron chi connectivity index (χ4n) is 3.82. The zero-order valence-electron chi connectivity index (χ0n) is 23.3. The van der Waals surface area contributed by atoms with Crippen molar-refractivity contribution in [1.29, 1.82) is 0 Å². The van der Waals surface area contributed by atoms with E-state index >= 15 is 0 Å². The number of rotatable bonds is 5. The second-order valence-corrected chi connectivity index (χ2v) is 16.5. The number of sulfonamides is 1. The fourth-order valence-corrected chi connectivity index (χ4v) is 6.40. The summed E-state index contributed by atoms with van der Waals surface area (Å²) in [4.78, 5) is 26.4. The highest BCUT2D eigenvalue weighted by Crippen LogP contribution is 2.22. The lowest BCUT2D eigenvalue weighted by molar-refractivity contribution is 0.0284. The molecule has 3 rings (SSSR count). The van der Waals surface area contributed by atoms with Crippen LogP contribution in [0.15, 0.2) is 30.3 Å². The molecule has 222 valence electrons. The first-order valence-electron chi connectivity index (χ1n) is 12.7. The minimum atomic E-state index is -3.59. The van der Waals surface area contributed by atoms with Crippen molar-refractivity contribution in [3.05, 3.63) is 35.9 Å². The number of benzene rings is 1. The van der Waals surface area contributed by atoms with Gasteiger partial charge in [-0.15, -0.1) is 0 Å². The van der Waals surface area contributed by atoms with Gasteiger partial charge in [0.05, 0.1) is 10.5 Å². The number of amides is 2. The Morgan fingerprint density at radius 1 is 0.846 bits per heavy atom. The monoisotopic (exact) mass is 609 g/mol. The minimum Gasteiger partial charge on any atom is -0.444 e. The molecule has 2 aliphatic rings. The summed E-state index contributed by atoms with van der Waals surface area (Å²) < 4.78 is 59.9. The Bertz CT molecular complexity index is 1200. The molecule has 1 aromatic rings. The van der Waals surface area contributed by atoms with Crippen molar-refractivity contribution in [2.45, 2.75) is 82.6 Å². The van der Waals surface area contributed by atoms with Gasteiger partial charge in [-0.3, -0.25) is 0 Å². The van der Waals surface area contributed by atoms with Crippen molar-refractivity contribution in [3.63, 3.8) is 0 Å². The number of nitrogens with zero attached hydrogens (tertiary/aromatic N) is 2. The summed E-state index contributed by atoms with van der Waals surface area (Å²) in [5.74, 6) is 0. The van der Waals surface area contributed by atoms with Crippen LogP contribution in [0.4, 0.5) is 9.59 Å². The molecule has 2 aliphatic heterocycles. The fraction of sp³-hybridized carbons (Fsp3) is 0.680. The van der Waals surface area contributed by atoms with E-state index in [1.165, 1.54) is 9.80 Å². The summed E-state index contributed by atoms with van der Waals surface area (Å²) in [5, 5.41) is -1.28. The van der Waals surface area contributed by atoms with Crippen LogP contribution in [-0.2, 0) is 35.1 Å². The standard InChI is InChI=1S/C16H24N2O4S.C9H16ClNO4S/c1-16(2,3)22-15(19)18-10-9-14(12-18)23(20,21)17-11-13-7-5-4-6-8-13;1-9(2,3)15-8(12)11-5-4-7(6-11)16(10,13)14/h4-8,14,17H,9-12H2,1-3H3;7H,4-6H2,1-3H3. The molecule has 39 heavy (non-hydrogen) atoms. The van der Waals surface area contributed by atoms with Gasteiger partial charge in [-0.25, -0.2) is 31.1 Å².